The van der Waals surface area contributed by atoms with Crippen LogP contribution in [0.1, 0.15) is 44.9 Å². The molecule has 2 aromatic heterocycles. The first kappa shape index (κ1) is 25.5. The molecule has 1 N–H and O–H groups in total. The van der Waals surface area contributed by atoms with E-state index < -0.39 is 6.09 Å². The molecule has 2 aliphatic rings. The molecule has 1 saturated carbocycles. The van der Waals surface area contributed by atoms with Gasteiger partial charge in [-0.05, 0) is 62.1 Å². The number of hydrogen-bond acceptors (Lipinski definition) is 8. The van der Waals surface area contributed by atoms with Crippen molar-refractivity contribution in [3.63, 3.8) is 0 Å². The van der Waals surface area contributed by atoms with Crippen molar-refractivity contribution in [2.45, 2.75) is 51.0 Å². The molecule has 0 radical (unpaired) electrons. The maximum atomic E-state index is 13.4. The number of carbonyl (C=O) groups is 1. The number of allylic oxidation sites excluding steroid dienone is 3. The minimum atomic E-state index is -0.479. The molecule has 38 heavy (non-hydrogen) atoms. The van der Waals surface area contributed by atoms with Gasteiger partial charge in [-0.3, -0.25) is 4.90 Å². The Balaban J connectivity index is 1.57. The number of ether oxygens (including phenoxy) is 1. The summed E-state index contributed by atoms with van der Waals surface area (Å²) in [7, 11) is 3.46. The molecule has 1 aromatic carbocycles. The first-order valence-electron chi connectivity index (χ1n) is 13.2. The summed E-state index contributed by atoms with van der Waals surface area (Å²) in [6.07, 6.45) is 14.5. The molecular weight excluding hydrogens is 478 g/mol. The summed E-state index contributed by atoms with van der Waals surface area (Å²) in [5.74, 6) is 2.28. The molecule has 0 saturated heterocycles. The third kappa shape index (κ3) is 5.89. The second kappa shape index (κ2) is 11.5. The van der Waals surface area contributed by atoms with Crippen LogP contribution in [0.25, 0.3) is 0 Å². The first-order valence-corrected chi connectivity index (χ1v) is 13.2. The molecule has 5 rings (SSSR count). The van der Waals surface area contributed by atoms with Crippen LogP contribution in [0.5, 0.6) is 0 Å². The fraction of sp³-hybridized carbons (Fsp3) is 0.345. The Hall–Kier alpha value is -4.11. The molecule has 0 aliphatic heterocycles. The van der Waals surface area contributed by atoms with Crippen LogP contribution in [0.4, 0.5) is 34.1 Å². The van der Waals surface area contributed by atoms with Gasteiger partial charge in [0.1, 0.15) is 11.6 Å². The van der Waals surface area contributed by atoms with E-state index in [1.54, 1.807) is 20.3 Å². The predicted molar refractivity (Wildman–Crippen MR) is 149 cm³/mol. The van der Waals surface area contributed by atoms with Crippen molar-refractivity contribution in [2.75, 3.05) is 24.3 Å². The van der Waals surface area contributed by atoms with Gasteiger partial charge in [0.05, 0.1) is 19.8 Å². The van der Waals surface area contributed by atoms with Crippen LogP contribution in [0.2, 0.25) is 0 Å². The minimum absolute atomic E-state index is 0.270. The van der Waals surface area contributed by atoms with Crippen LogP contribution >= 0.6 is 0 Å². The average molecular weight is 513 g/mol. The third-order valence-electron chi connectivity index (χ3n) is 6.77. The largest absolute Gasteiger partial charge is 0.528 e. The number of nitrogens with zero attached hydrogens (tertiary/aromatic N) is 6. The fourth-order valence-corrected chi connectivity index (χ4v) is 4.57. The molecule has 9 nitrogen and oxygen atoms in total. The molecule has 0 unspecified atom stereocenters. The fourth-order valence-electron chi connectivity index (χ4n) is 4.57. The number of anilines is 4. The number of benzene rings is 1. The highest BCUT2D eigenvalue weighted by molar-refractivity contribution is 5.81. The Kier molecular flexibility index (Phi) is 7.74. The van der Waals surface area contributed by atoms with E-state index in [1.165, 1.54) is 19.3 Å². The van der Waals surface area contributed by atoms with Gasteiger partial charge in [-0.25, -0.2) is 4.98 Å². The lowest BCUT2D eigenvalue weighted by molar-refractivity contribution is 0.147. The molecule has 3 aromatic rings. The van der Waals surface area contributed by atoms with E-state index in [4.69, 9.17) is 19.7 Å². The van der Waals surface area contributed by atoms with Crippen LogP contribution in [0.15, 0.2) is 78.7 Å². The van der Waals surface area contributed by atoms with Crippen LogP contribution < -0.4 is 14.7 Å². The first-order chi connectivity index (χ1) is 18.5. The van der Waals surface area contributed by atoms with Gasteiger partial charge in [-0.15, -0.1) is 9.97 Å². The number of para-hydroxylation sites is 1. The molecule has 0 spiro atoms. The summed E-state index contributed by atoms with van der Waals surface area (Å²) in [6.45, 7) is 0. The molecule has 2 heterocycles. The third-order valence-corrected chi connectivity index (χ3v) is 6.77. The molecule has 2 aliphatic carbocycles. The van der Waals surface area contributed by atoms with E-state index in [1.807, 2.05) is 71.7 Å². The van der Waals surface area contributed by atoms with Crippen molar-refractivity contribution >= 4 is 35.4 Å². The van der Waals surface area contributed by atoms with Crippen molar-refractivity contribution in [2.24, 2.45) is 0 Å². The van der Waals surface area contributed by atoms with Crippen LogP contribution in [0.3, 0.4) is 0 Å². The number of hydrogen-bond donors (Lipinski definition) is 1. The van der Waals surface area contributed by atoms with Gasteiger partial charge in [0, 0.05) is 12.2 Å². The van der Waals surface area contributed by atoms with E-state index in [-0.39, 0.29) is 16.5 Å². The molecule has 0 atom stereocenters. The van der Waals surface area contributed by atoms with Crippen molar-refractivity contribution < 1.29 is 9.53 Å². The Morgan fingerprint density at radius 2 is 1.76 bits per heavy atom. The maximum absolute atomic E-state index is 13.4. The van der Waals surface area contributed by atoms with Gasteiger partial charge in [0.2, 0.25) is 11.9 Å². The quantitative estimate of drug-likeness (QED) is 0.363. The summed E-state index contributed by atoms with van der Waals surface area (Å²) in [5.41, 5.74) is 0.845. The lowest BCUT2D eigenvalue weighted by Crippen LogP contribution is -2.48. The van der Waals surface area contributed by atoms with E-state index in [9.17, 15) is 4.79 Å². The van der Waals surface area contributed by atoms with Crippen LogP contribution in [-0.2, 0) is 4.74 Å². The number of amides is 1. The summed E-state index contributed by atoms with van der Waals surface area (Å²) >= 11 is 0. The number of carbonyl (C=O) groups excluding carboxylic acids is 1. The molecule has 9 heteroatoms. The zero-order valence-corrected chi connectivity index (χ0v) is 22.0. The highest BCUT2D eigenvalue weighted by Crippen LogP contribution is 2.33. The lowest BCUT2D eigenvalue weighted by atomic mass is 9.96. The molecule has 196 valence electrons. The average Bonchev–Trinajstić information content (AvgIpc) is 2.95. The summed E-state index contributed by atoms with van der Waals surface area (Å²) in [5, 5.41) is 3.52. The number of nitrogens with one attached hydrogen (secondary N) is 1. The Morgan fingerprint density at radius 3 is 2.47 bits per heavy atom. The predicted octanol–water partition coefficient (Wildman–Crippen LogP) is 6.42. The molecular formula is C29H34N7O2+. The van der Waals surface area contributed by atoms with Gasteiger partial charge < -0.3 is 10.1 Å². The van der Waals surface area contributed by atoms with Gasteiger partial charge in [-0.1, -0.05) is 49.6 Å². The second-order valence-electron chi connectivity index (χ2n) is 10.0. The number of quaternary nitrogens is 1. The minimum Gasteiger partial charge on any atom is -0.381 e. The molecule has 1 amide bonds. The van der Waals surface area contributed by atoms with E-state index in [2.05, 4.69) is 10.3 Å². The standard InChI is InChI=1S/C29H34N7O2/c1-36(2,29(37)38-24-18-10-5-11-19-24)28-33-26(31-22-14-6-3-7-15-22)32-27(34-28)35(23-16-8-4-9-17-23)25-20-12-13-21-30-25/h4,8-10,12-13,16-22H,3,5-7,11,14-15H2,1-2H3,(H,31,32,33,34)/q+1. The Bertz CT molecular complexity index is 1260. The highest BCUT2D eigenvalue weighted by atomic mass is 16.6. The molecule has 1 fully saturated rings. The summed E-state index contributed by atoms with van der Waals surface area (Å²) in [6, 6.07) is 15.8. The summed E-state index contributed by atoms with van der Waals surface area (Å²) in [4.78, 5) is 34.2. The number of pyridine rings is 1. The second-order valence-corrected chi connectivity index (χ2v) is 10.0. The van der Waals surface area contributed by atoms with Crippen molar-refractivity contribution in [3.05, 3.63) is 78.7 Å². The van der Waals surface area contributed by atoms with Crippen LogP contribution in [0, 0.1) is 0 Å². The van der Waals surface area contributed by atoms with Gasteiger partial charge in [0.15, 0.2) is 0 Å². The van der Waals surface area contributed by atoms with E-state index in [0.29, 0.717) is 23.5 Å². The number of aromatic nitrogens is 4. The number of rotatable bonds is 7. The van der Waals surface area contributed by atoms with E-state index >= 15 is 0 Å². The van der Waals surface area contributed by atoms with Gasteiger partial charge >= 0.3 is 12.0 Å². The topological polar surface area (TPSA) is 93.1 Å². The van der Waals surface area contributed by atoms with Gasteiger partial charge in [-0.2, -0.15) is 14.3 Å². The highest BCUT2D eigenvalue weighted by Gasteiger charge is 2.38. The van der Waals surface area contributed by atoms with Crippen LogP contribution in [-0.4, -0.2) is 46.2 Å². The molecule has 0 bridgehead atoms. The van der Waals surface area contributed by atoms with Gasteiger partial charge in [0.25, 0.3) is 0 Å². The Labute approximate surface area is 223 Å². The lowest BCUT2D eigenvalue weighted by Gasteiger charge is -2.27. The SMILES string of the molecule is C[N+](C)(C(=O)OC1=CCCC=C1)c1nc(NC2CCCCC2)nc(N(c2ccccc2)c2ccccn2)n1. The Morgan fingerprint density at radius 1 is 0.974 bits per heavy atom. The zero-order chi connectivity index (χ0) is 26.4. The van der Waals surface area contributed by atoms with Crippen molar-refractivity contribution in [3.8, 4) is 0 Å². The van der Waals surface area contributed by atoms with E-state index in [0.717, 1.165) is 31.4 Å². The maximum Gasteiger partial charge on any atom is 0.528 e. The monoisotopic (exact) mass is 512 g/mol. The zero-order valence-electron chi connectivity index (χ0n) is 22.0. The van der Waals surface area contributed by atoms with Crippen molar-refractivity contribution in [1.82, 2.24) is 24.4 Å². The smallest absolute Gasteiger partial charge is 0.381 e. The summed E-state index contributed by atoms with van der Waals surface area (Å²) < 4.78 is 5.42. The normalized spacial score (nSPS) is 16.0. The van der Waals surface area contributed by atoms with Crippen molar-refractivity contribution in [1.29, 1.82) is 0 Å².